The van der Waals surface area contributed by atoms with Crippen molar-refractivity contribution < 1.29 is 169 Å². The van der Waals surface area contributed by atoms with Crippen LogP contribution >= 0.6 is 0 Å². The van der Waals surface area contributed by atoms with Crippen LogP contribution in [0.1, 0.15) is 233 Å². The van der Waals surface area contributed by atoms with Crippen LogP contribution in [0.15, 0.2) is 0 Å². The van der Waals surface area contributed by atoms with Gasteiger partial charge in [0.15, 0.2) is 37.7 Å². The molecule has 6 aliphatic heterocycles. The summed E-state index contributed by atoms with van der Waals surface area (Å²) in [5, 5.41) is 233. The van der Waals surface area contributed by atoms with Gasteiger partial charge in [0.25, 0.3) is 0 Å². The molecule has 33 atom stereocenters. The summed E-state index contributed by atoms with van der Waals surface area (Å²) < 4.78 is 70.7. The van der Waals surface area contributed by atoms with Crippen LogP contribution in [0.2, 0.25) is 0 Å². The van der Waals surface area contributed by atoms with Gasteiger partial charge in [-0.15, -0.1) is 0 Å². The van der Waals surface area contributed by atoms with Gasteiger partial charge in [0.1, 0.15) is 153 Å². The van der Waals surface area contributed by atoms with Gasteiger partial charge in [0.05, 0.1) is 58.4 Å². The quantitative estimate of drug-likeness (QED) is 0.0314. The Hall–Kier alpha value is -1.85. The van der Waals surface area contributed by atoms with E-state index in [1.807, 2.05) is 0 Å². The van der Waals surface area contributed by atoms with E-state index in [0.717, 1.165) is 64.2 Å². The smallest absolute Gasteiger partial charge is 0.249 e. The van der Waals surface area contributed by atoms with Crippen LogP contribution in [0.5, 0.6) is 0 Å². The molecule has 0 aromatic carbocycles. The Morgan fingerprint density at radius 2 is 0.788 bits per heavy atom. The van der Waals surface area contributed by atoms with Crippen molar-refractivity contribution in [2.24, 2.45) is 5.92 Å². The van der Waals surface area contributed by atoms with Gasteiger partial charge in [-0.05, 0) is 18.8 Å². The predicted molar refractivity (Wildman–Crippen MR) is 400 cm³/mol. The molecule has 35 heteroatoms. The van der Waals surface area contributed by atoms with E-state index in [4.69, 9.17) is 56.8 Å². The van der Waals surface area contributed by atoms with Crippen molar-refractivity contribution in [3.63, 3.8) is 0 Å². The van der Waals surface area contributed by atoms with Crippen LogP contribution in [-0.2, 0) is 61.6 Å². The van der Waals surface area contributed by atoms with Crippen LogP contribution in [0.25, 0.3) is 0 Å². The summed E-state index contributed by atoms with van der Waals surface area (Å²) in [5.74, 6) is -0.157. The lowest BCUT2D eigenvalue weighted by Gasteiger charge is -2.46. The van der Waals surface area contributed by atoms with Gasteiger partial charge in [-0.1, -0.05) is 220 Å². The van der Waals surface area contributed by atoms with Crippen LogP contribution in [-0.4, -0.2) is 362 Å². The third kappa shape index (κ3) is 31.5. The number of nitrogens with one attached hydrogen (secondary N) is 1. The molecule has 6 rings (SSSR count). The van der Waals surface area contributed by atoms with E-state index in [0.29, 0.717) is 18.8 Å². The number of hydrogen-bond donors (Lipinski definition) is 22. The molecule has 6 fully saturated rings. The zero-order valence-corrected chi connectivity index (χ0v) is 66.6. The Balaban J connectivity index is 1.08. The van der Waals surface area contributed by atoms with Crippen molar-refractivity contribution in [1.29, 1.82) is 0 Å². The maximum atomic E-state index is 13.7. The van der Waals surface area contributed by atoms with E-state index < -0.39 is 255 Å². The second-order valence-electron chi connectivity index (χ2n) is 32.4. The summed E-state index contributed by atoms with van der Waals surface area (Å²) in [4.78, 5) is 13.7. The molecule has 35 nitrogen and oxygen atoms in total. The van der Waals surface area contributed by atoms with Crippen LogP contribution < -0.4 is 5.32 Å². The summed E-state index contributed by atoms with van der Waals surface area (Å²) in [7, 11) is 0. The largest absolute Gasteiger partial charge is 0.394 e. The Kier molecular flexibility index (Phi) is 47.6. The molecule has 0 spiro atoms. The highest BCUT2D eigenvalue weighted by Crippen LogP contribution is 2.40. The Labute approximate surface area is 665 Å². The maximum Gasteiger partial charge on any atom is 0.249 e. The van der Waals surface area contributed by atoms with Crippen molar-refractivity contribution in [3.8, 4) is 0 Å². The van der Waals surface area contributed by atoms with Gasteiger partial charge in [-0.3, -0.25) is 4.79 Å². The number of carbonyl (C=O) groups is 1. The van der Waals surface area contributed by atoms with Gasteiger partial charge < -0.3 is 169 Å². The molecular formula is C78H145NO34. The average molecular weight is 1640 g/mol. The third-order valence-electron chi connectivity index (χ3n) is 22.7. The van der Waals surface area contributed by atoms with Crippen molar-refractivity contribution >= 4 is 5.91 Å². The molecule has 0 saturated carbocycles. The van der Waals surface area contributed by atoms with E-state index in [2.05, 4.69) is 26.1 Å². The lowest BCUT2D eigenvalue weighted by molar-refractivity contribution is -0.374. The van der Waals surface area contributed by atoms with Gasteiger partial charge in [0, 0.05) is 0 Å². The zero-order chi connectivity index (χ0) is 82.7. The normalized spacial score (nSPS) is 35.6. The monoisotopic (exact) mass is 1640 g/mol. The summed E-state index contributed by atoms with van der Waals surface area (Å²) in [6.07, 6.45) is -25.5. The average Bonchev–Trinajstić information content (AvgIpc) is 1.66. The number of carbonyl (C=O) groups excluding carboxylic acids is 1. The molecular weight excluding hydrogens is 1490 g/mol. The number of unbranched alkanes of at least 4 members (excludes halogenated alkanes) is 28. The van der Waals surface area contributed by atoms with E-state index in [-0.39, 0.29) is 12.8 Å². The second kappa shape index (κ2) is 53.8. The lowest BCUT2D eigenvalue weighted by atomic mass is 9.98. The van der Waals surface area contributed by atoms with Gasteiger partial charge in [-0.25, -0.2) is 0 Å². The topological polar surface area (TPSA) is 565 Å². The lowest BCUT2D eigenvalue weighted by Crippen LogP contribution is -2.64. The zero-order valence-electron chi connectivity index (χ0n) is 66.6. The molecule has 0 aromatic heterocycles. The number of ether oxygens (including phenoxy) is 12. The summed E-state index contributed by atoms with van der Waals surface area (Å²) in [6.45, 7) is 0.426. The molecule has 113 heavy (non-hydrogen) atoms. The predicted octanol–water partition coefficient (Wildman–Crippen LogP) is -1.32. The third-order valence-corrected chi connectivity index (χ3v) is 22.7. The number of aliphatic hydroxyl groups excluding tert-OH is 21. The molecule has 0 aliphatic carbocycles. The van der Waals surface area contributed by atoms with Gasteiger partial charge in [-0.2, -0.15) is 0 Å². The molecule has 666 valence electrons. The van der Waals surface area contributed by atoms with Crippen molar-refractivity contribution in [2.45, 2.75) is 435 Å². The standard InChI is InChI=1S/C78H145NO34/c1-4-5-6-7-8-9-10-11-12-13-14-15-16-17-18-19-24-27-30-33-36-47(85)72(101)79-45(54(90)46(84)35-32-29-26-23-21-20-22-25-28-31-34-44(2)3)41-102-73-61(97)58(94)56(92)53(106-73)43-104-77-69(55(91)51(89)42-103-77)111-76-64(100)68(57(93)52(40-83)105-76)110-78-71(113-75-63(99)60(96)66(108-75)49(87)38-81)70(67(109-78)50(88)39-82)112-74-62(98)59(95)65(107-74)48(86)37-80/h44-71,73-78,80-100H,4-43H2,1-3H3,(H,79,101)/t45-,46+,47?,48+,49+,50+,51+,52+,53+,54-,55+,56+,57-,58-,59+,60+,61+,62+,63+,64+,65-,66-,67-,68-,69-,70-,71+,73+,74+,75+,76+,77-,78-/m0/s1. The van der Waals surface area contributed by atoms with E-state index in [1.165, 1.54) is 122 Å². The number of aliphatic hydroxyl groups is 21. The van der Waals surface area contributed by atoms with E-state index in [9.17, 15) is 112 Å². The highest BCUT2D eigenvalue weighted by molar-refractivity contribution is 5.80. The summed E-state index contributed by atoms with van der Waals surface area (Å²) in [5.41, 5.74) is 0. The van der Waals surface area contributed by atoms with Crippen molar-refractivity contribution in [1.82, 2.24) is 5.32 Å². The van der Waals surface area contributed by atoms with Gasteiger partial charge in [0.2, 0.25) is 5.91 Å². The summed E-state index contributed by atoms with van der Waals surface area (Å²) >= 11 is 0. The van der Waals surface area contributed by atoms with E-state index in [1.54, 1.807) is 0 Å². The van der Waals surface area contributed by atoms with Crippen molar-refractivity contribution in [2.75, 3.05) is 46.2 Å². The first kappa shape index (κ1) is 100.0. The fourth-order valence-electron chi connectivity index (χ4n) is 15.5. The van der Waals surface area contributed by atoms with Crippen LogP contribution in [0, 0.1) is 5.92 Å². The maximum absolute atomic E-state index is 13.7. The van der Waals surface area contributed by atoms with Crippen LogP contribution in [0.3, 0.4) is 0 Å². The molecule has 0 bridgehead atoms. The first-order valence-corrected chi connectivity index (χ1v) is 42.3. The van der Waals surface area contributed by atoms with Crippen LogP contribution in [0.4, 0.5) is 0 Å². The molecule has 22 N–H and O–H groups in total. The molecule has 6 aliphatic rings. The minimum absolute atomic E-state index is 0.109. The number of hydrogen-bond acceptors (Lipinski definition) is 34. The Morgan fingerprint density at radius 3 is 1.27 bits per heavy atom. The minimum Gasteiger partial charge on any atom is -0.394 e. The molecule has 0 radical (unpaired) electrons. The Morgan fingerprint density at radius 1 is 0.381 bits per heavy atom. The molecule has 1 unspecified atom stereocenters. The Bertz CT molecular complexity index is 2460. The first-order valence-electron chi connectivity index (χ1n) is 42.3. The second-order valence-corrected chi connectivity index (χ2v) is 32.4. The van der Waals surface area contributed by atoms with Crippen molar-refractivity contribution in [3.05, 3.63) is 0 Å². The molecule has 1 amide bonds. The fourth-order valence-corrected chi connectivity index (χ4v) is 15.5. The molecule has 0 aromatic rings. The fraction of sp³-hybridized carbons (Fsp3) is 0.987. The minimum atomic E-state index is -2.30. The highest BCUT2D eigenvalue weighted by atomic mass is 16.8. The molecule has 6 heterocycles. The SMILES string of the molecule is CCCCCCCCCCCCCCCCCCCCCCC(O)C(=O)N[C@@H](CO[C@@H]1O[C@H](CO[C@@H]2OC[C@@H](O)[C@@H](O)[C@@H]2O[C@H]2O[C@H](CO)[C@H](O)[C@H](O[C@@H]3O[C@@H]([C@H](O)CO)[C@H](O[C@H]4O[C@@H]([C@H](O)CO)[C@H](O)[C@H]4O)[C@H]3O[C@H]3O[C@@H]([C@H](O)CO)[C@H](O)[C@H]3O)[C@H]2O)[C@@H](O)[C@H](O)[C@H]1O)[C@H](O)[C@H](O)CCCCCCCCCCCCC(C)C. The van der Waals surface area contributed by atoms with Gasteiger partial charge >= 0.3 is 0 Å². The number of rotatable bonds is 59. The molecule has 6 saturated heterocycles. The summed E-state index contributed by atoms with van der Waals surface area (Å²) in [6, 6.07) is -1.43. The first-order chi connectivity index (χ1) is 54.2. The number of amides is 1. The highest BCUT2D eigenvalue weighted by Gasteiger charge is 2.60. The van der Waals surface area contributed by atoms with E-state index >= 15 is 0 Å².